The van der Waals surface area contributed by atoms with Crippen molar-refractivity contribution in [2.75, 3.05) is 6.61 Å². The molecule has 0 spiro atoms. The molecule has 5 nitrogen and oxygen atoms in total. The van der Waals surface area contributed by atoms with Crippen molar-refractivity contribution in [1.29, 1.82) is 0 Å². The van der Waals surface area contributed by atoms with Gasteiger partial charge < -0.3 is 14.4 Å². The van der Waals surface area contributed by atoms with Gasteiger partial charge in [-0.1, -0.05) is 24.6 Å². The first-order valence-corrected chi connectivity index (χ1v) is 11.9. The topological polar surface area (TPSA) is 67.9 Å². The van der Waals surface area contributed by atoms with Crippen LogP contribution < -0.4 is 0 Å². The van der Waals surface area contributed by atoms with Crippen molar-refractivity contribution in [1.82, 2.24) is 4.98 Å². The number of fused-ring (bicyclic) bond motifs is 5. The molecule has 0 amide bonds. The third-order valence-corrected chi connectivity index (χ3v) is 9.19. The molecule has 3 saturated carbocycles. The number of rotatable bonds is 4. The molecule has 0 saturated heterocycles. The molecule has 164 valence electrons. The summed E-state index contributed by atoms with van der Waals surface area (Å²) >= 11 is 0. The first kappa shape index (κ1) is 20.3. The fourth-order valence-corrected chi connectivity index (χ4v) is 7.39. The molecule has 1 aromatic heterocycles. The summed E-state index contributed by atoms with van der Waals surface area (Å²) in [7, 11) is 0. The van der Waals surface area contributed by atoms with Crippen LogP contribution in [0.15, 0.2) is 27.4 Å². The molecule has 4 aliphatic carbocycles. The van der Waals surface area contributed by atoms with Crippen molar-refractivity contribution in [3.8, 4) is 0 Å². The summed E-state index contributed by atoms with van der Waals surface area (Å²) in [5, 5.41) is 15.1. The molecule has 1 N–H and O–H groups in total. The van der Waals surface area contributed by atoms with Crippen molar-refractivity contribution in [2.24, 2.45) is 33.7 Å². The number of oxime groups is 1. The summed E-state index contributed by atoms with van der Waals surface area (Å²) < 4.78 is 5.49. The van der Waals surface area contributed by atoms with Crippen LogP contribution in [0.1, 0.15) is 76.9 Å². The molecule has 0 radical (unpaired) electrons. The lowest BCUT2D eigenvalue weighted by Gasteiger charge is -2.57. The third-order valence-electron chi connectivity index (χ3n) is 9.19. The Morgan fingerprint density at radius 2 is 2.03 bits per heavy atom. The van der Waals surface area contributed by atoms with E-state index in [-0.39, 0.29) is 11.5 Å². The number of allylic oxidation sites excluding steroid dienone is 2. The molecule has 3 fully saturated rings. The summed E-state index contributed by atoms with van der Waals surface area (Å²) in [6, 6.07) is 0. The second-order valence-electron chi connectivity index (χ2n) is 10.7. The largest absolute Gasteiger partial charge is 0.446 e. The minimum absolute atomic E-state index is 0.0873. The molecule has 1 heterocycles. The van der Waals surface area contributed by atoms with Crippen LogP contribution in [0.3, 0.4) is 0 Å². The lowest BCUT2D eigenvalue weighted by molar-refractivity contribution is -0.0722. The summed E-state index contributed by atoms with van der Waals surface area (Å²) in [4.78, 5) is 9.81. The van der Waals surface area contributed by atoms with Gasteiger partial charge in [-0.25, -0.2) is 4.98 Å². The Morgan fingerprint density at radius 1 is 1.17 bits per heavy atom. The van der Waals surface area contributed by atoms with Crippen LogP contribution in [-0.2, 0) is 11.3 Å². The fraction of sp³-hybridized carbons (Fsp3) is 0.760. The predicted octanol–water partition coefficient (Wildman–Crippen LogP) is 5.22. The van der Waals surface area contributed by atoms with E-state index in [2.05, 4.69) is 30.1 Å². The van der Waals surface area contributed by atoms with E-state index in [4.69, 9.17) is 9.25 Å². The SMILES string of the molecule is Cc1cnc(CCON=C2C=C3CCC4C(CCC5(C)C(O)CCC45)C3(C)CC2)o1. The summed E-state index contributed by atoms with van der Waals surface area (Å²) in [5.41, 5.74) is 3.13. The van der Waals surface area contributed by atoms with E-state index < -0.39 is 0 Å². The average molecular weight is 413 g/mol. The highest BCUT2D eigenvalue weighted by Gasteiger charge is 2.58. The molecule has 6 atom stereocenters. The lowest BCUT2D eigenvalue weighted by Crippen LogP contribution is -2.51. The normalized spacial score (nSPS) is 41.7. The molecule has 0 aromatic carbocycles. The van der Waals surface area contributed by atoms with Crippen molar-refractivity contribution in [2.45, 2.75) is 84.7 Å². The van der Waals surface area contributed by atoms with Gasteiger partial charge >= 0.3 is 0 Å². The molecule has 1 aromatic rings. The zero-order valence-corrected chi connectivity index (χ0v) is 18.7. The number of hydrogen-bond donors (Lipinski definition) is 1. The van der Waals surface area contributed by atoms with Crippen LogP contribution >= 0.6 is 0 Å². The molecular formula is C25H36N2O3. The van der Waals surface area contributed by atoms with E-state index in [1.165, 1.54) is 38.5 Å². The van der Waals surface area contributed by atoms with Crippen LogP contribution in [0.2, 0.25) is 0 Å². The van der Waals surface area contributed by atoms with E-state index in [0.29, 0.717) is 30.3 Å². The van der Waals surface area contributed by atoms with Gasteiger partial charge in [-0.2, -0.15) is 0 Å². The first-order chi connectivity index (χ1) is 14.4. The monoisotopic (exact) mass is 412 g/mol. The van der Waals surface area contributed by atoms with Crippen molar-refractivity contribution in [3.05, 3.63) is 29.5 Å². The zero-order valence-electron chi connectivity index (χ0n) is 18.7. The van der Waals surface area contributed by atoms with Crippen LogP contribution in [-0.4, -0.2) is 28.5 Å². The number of hydrogen-bond acceptors (Lipinski definition) is 5. The maximum atomic E-state index is 10.6. The smallest absolute Gasteiger partial charge is 0.197 e. The van der Waals surface area contributed by atoms with Gasteiger partial charge in [0.05, 0.1) is 24.4 Å². The lowest BCUT2D eigenvalue weighted by atomic mass is 9.47. The summed E-state index contributed by atoms with van der Waals surface area (Å²) in [5.74, 6) is 3.79. The van der Waals surface area contributed by atoms with E-state index in [1.807, 2.05) is 6.92 Å². The minimum atomic E-state index is -0.0873. The Labute approximate surface area is 180 Å². The van der Waals surface area contributed by atoms with Crippen LogP contribution in [0.5, 0.6) is 0 Å². The van der Waals surface area contributed by atoms with E-state index >= 15 is 0 Å². The van der Waals surface area contributed by atoms with Crippen molar-refractivity contribution >= 4 is 5.71 Å². The Balaban J connectivity index is 1.26. The molecule has 5 heteroatoms. The van der Waals surface area contributed by atoms with Crippen molar-refractivity contribution < 1.29 is 14.4 Å². The van der Waals surface area contributed by atoms with Gasteiger partial charge in [0.1, 0.15) is 12.4 Å². The number of oxazole rings is 1. The second-order valence-corrected chi connectivity index (χ2v) is 10.7. The quantitative estimate of drug-likeness (QED) is 0.544. The van der Waals surface area contributed by atoms with Gasteiger partial charge in [0.2, 0.25) is 0 Å². The van der Waals surface area contributed by atoms with Gasteiger partial charge in [-0.3, -0.25) is 0 Å². The Morgan fingerprint density at radius 3 is 2.83 bits per heavy atom. The van der Waals surface area contributed by atoms with Gasteiger partial charge in [-0.15, -0.1) is 0 Å². The third kappa shape index (κ3) is 3.24. The molecular weight excluding hydrogens is 376 g/mol. The highest BCUT2D eigenvalue weighted by Crippen LogP contribution is 2.65. The van der Waals surface area contributed by atoms with Crippen LogP contribution in [0.4, 0.5) is 0 Å². The highest BCUT2D eigenvalue weighted by molar-refractivity contribution is 5.96. The Kier molecular flexibility index (Phi) is 5.08. The zero-order chi connectivity index (χ0) is 20.9. The highest BCUT2D eigenvalue weighted by atomic mass is 16.6. The number of aliphatic hydroxyl groups excluding tert-OH is 1. The van der Waals surface area contributed by atoms with Gasteiger partial charge in [0.25, 0.3) is 0 Å². The summed E-state index contributed by atoms with van der Waals surface area (Å²) in [6.45, 7) is 7.27. The fourth-order valence-electron chi connectivity index (χ4n) is 7.39. The standard InChI is InChI=1S/C25H36N2O3/c1-16-15-26-23(30-16)10-13-29-27-18-8-11-24(2)17(14-18)4-5-19-20-6-7-22(28)25(20,3)12-9-21(19)24/h14-15,19-22,28H,4-13H2,1-3H3. The minimum Gasteiger partial charge on any atom is -0.446 e. The van der Waals surface area contributed by atoms with Crippen LogP contribution in [0.25, 0.3) is 0 Å². The Bertz CT molecular complexity index is 858. The van der Waals surface area contributed by atoms with Gasteiger partial charge in [0.15, 0.2) is 5.89 Å². The molecule has 4 aliphatic rings. The van der Waals surface area contributed by atoms with Gasteiger partial charge in [0, 0.05) is 0 Å². The second kappa shape index (κ2) is 7.51. The number of aromatic nitrogens is 1. The van der Waals surface area contributed by atoms with Crippen molar-refractivity contribution in [3.63, 3.8) is 0 Å². The number of nitrogens with zero attached hydrogens (tertiary/aromatic N) is 2. The summed E-state index contributed by atoms with van der Waals surface area (Å²) in [6.07, 6.45) is 13.9. The van der Waals surface area contributed by atoms with Gasteiger partial charge in [-0.05, 0) is 93.0 Å². The first-order valence-electron chi connectivity index (χ1n) is 11.9. The molecule has 0 bridgehead atoms. The Hall–Kier alpha value is -1.62. The predicted molar refractivity (Wildman–Crippen MR) is 116 cm³/mol. The number of aryl methyl sites for hydroxylation is 1. The molecule has 5 rings (SSSR count). The van der Waals surface area contributed by atoms with E-state index in [0.717, 1.165) is 36.1 Å². The maximum Gasteiger partial charge on any atom is 0.197 e. The van der Waals surface area contributed by atoms with E-state index in [9.17, 15) is 5.11 Å². The molecule has 6 unspecified atom stereocenters. The number of aliphatic hydroxyl groups is 1. The van der Waals surface area contributed by atoms with E-state index in [1.54, 1.807) is 11.8 Å². The van der Waals surface area contributed by atoms with Crippen LogP contribution in [0, 0.1) is 35.5 Å². The maximum absolute atomic E-state index is 10.6. The molecule has 0 aliphatic heterocycles. The molecule has 30 heavy (non-hydrogen) atoms. The average Bonchev–Trinajstić information content (AvgIpc) is 3.28.